The quantitative estimate of drug-likeness (QED) is 0.721. The third-order valence-corrected chi connectivity index (χ3v) is 5.69. The topological polar surface area (TPSA) is 76.7 Å². The molecule has 0 unspecified atom stereocenters. The van der Waals surface area contributed by atoms with Crippen LogP contribution < -0.4 is 15.4 Å². The number of anilines is 1. The molecule has 6 nitrogen and oxygen atoms in total. The fourth-order valence-electron chi connectivity index (χ4n) is 3.99. The highest BCUT2D eigenvalue weighted by atomic mass is 16.5. The molecule has 2 fully saturated rings. The van der Waals surface area contributed by atoms with Crippen LogP contribution in [0.1, 0.15) is 59.2 Å². The van der Waals surface area contributed by atoms with Gasteiger partial charge in [-0.3, -0.25) is 9.59 Å². The summed E-state index contributed by atoms with van der Waals surface area (Å²) in [6.45, 7) is 1.32. The highest BCUT2D eigenvalue weighted by molar-refractivity contribution is 6.09. The van der Waals surface area contributed by atoms with Gasteiger partial charge in [0.2, 0.25) is 0 Å². The Kier molecular flexibility index (Phi) is 6.64. The van der Waals surface area contributed by atoms with Crippen LogP contribution in [-0.4, -0.2) is 37.2 Å². The lowest BCUT2D eigenvalue weighted by atomic mass is 10.1. The number of hydrogen-bond donors (Lipinski definition) is 2. The number of para-hydroxylation sites is 1. The van der Waals surface area contributed by atoms with Crippen molar-refractivity contribution in [2.45, 2.75) is 50.7 Å². The van der Waals surface area contributed by atoms with Crippen molar-refractivity contribution in [2.75, 3.05) is 18.5 Å². The molecule has 2 amide bonds. The van der Waals surface area contributed by atoms with Crippen molar-refractivity contribution in [1.29, 1.82) is 0 Å². The summed E-state index contributed by atoms with van der Waals surface area (Å²) in [5.74, 6) is 0.302. The molecule has 0 spiro atoms. The number of rotatable bonds is 7. The third-order valence-electron chi connectivity index (χ3n) is 5.69. The number of benzene rings is 2. The smallest absolute Gasteiger partial charge is 0.255 e. The van der Waals surface area contributed by atoms with E-state index < -0.39 is 0 Å². The molecule has 1 aliphatic carbocycles. The number of carbonyl (C=O) groups is 2. The van der Waals surface area contributed by atoms with Crippen LogP contribution >= 0.6 is 0 Å². The fraction of sp³-hybridized carbons (Fsp3) is 0.417. The summed E-state index contributed by atoms with van der Waals surface area (Å²) >= 11 is 0. The Morgan fingerprint density at radius 3 is 2.43 bits per heavy atom. The largest absolute Gasteiger partial charge is 0.491 e. The van der Waals surface area contributed by atoms with E-state index in [-0.39, 0.29) is 24.0 Å². The Labute approximate surface area is 177 Å². The molecule has 6 heteroatoms. The van der Waals surface area contributed by atoms with Crippen LogP contribution in [0.15, 0.2) is 48.5 Å². The molecule has 0 aromatic heterocycles. The SMILES string of the molecule is O=C(Nc1ccccc1C(=O)NC1CCCC1)c1ccc(OC[C@H]2CCCO2)cc1. The summed E-state index contributed by atoms with van der Waals surface area (Å²) in [5, 5.41) is 5.94. The Morgan fingerprint density at radius 1 is 0.933 bits per heavy atom. The number of nitrogens with one attached hydrogen (secondary N) is 2. The summed E-state index contributed by atoms with van der Waals surface area (Å²) in [6, 6.07) is 14.3. The van der Waals surface area contributed by atoms with E-state index in [0.717, 1.165) is 45.1 Å². The van der Waals surface area contributed by atoms with Gasteiger partial charge in [-0.05, 0) is 62.1 Å². The summed E-state index contributed by atoms with van der Waals surface area (Å²) in [6.07, 6.45) is 6.58. The van der Waals surface area contributed by atoms with Gasteiger partial charge in [-0.25, -0.2) is 0 Å². The summed E-state index contributed by atoms with van der Waals surface area (Å²) in [5.41, 5.74) is 1.50. The van der Waals surface area contributed by atoms with Crippen molar-refractivity contribution in [3.63, 3.8) is 0 Å². The first-order valence-corrected chi connectivity index (χ1v) is 10.7. The zero-order valence-corrected chi connectivity index (χ0v) is 17.1. The summed E-state index contributed by atoms with van der Waals surface area (Å²) in [7, 11) is 0. The molecule has 2 aromatic rings. The minimum absolute atomic E-state index is 0.143. The maximum absolute atomic E-state index is 12.7. The Bertz CT molecular complexity index is 869. The van der Waals surface area contributed by atoms with E-state index in [1.165, 1.54) is 0 Å². The second kappa shape index (κ2) is 9.76. The van der Waals surface area contributed by atoms with E-state index in [1.54, 1.807) is 42.5 Å². The number of carbonyl (C=O) groups excluding carboxylic acids is 2. The molecule has 0 bridgehead atoms. The van der Waals surface area contributed by atoms with E-state index in [2.05, 4.69) is 10.6 Å². The maximum atomic E-state index is 12.7. The highest BCUT2D eigenvalue weighted by Gasteiger charge is 2.20. The predicted octanol–water partition coefficient (Wildman–Crippen LogP) is 4.17. The molecule has 0 radical (unpaired) electrons. The first-order valence-electron chi connectivity index (χ1n) is 10.7. The predicted molar refractivity (Wildman–Crippen MR) is 115 cm³/mol. The normalized spacial score (nSPS) is 18.9. The number of hydrogen-bond acceptors (Lipinski definition) is 4. The molecular weight excluding hydrogens is 380 g/mol. The molecule has 1 atom stereocenters. The molecule has 1 saturated heterocycles. The van der Waals surface area contributed by atoms with Crippen molar-refractivity contribution in [3.8, 4) is 5.75 Å². The molecule has 2 aliphatic rings. The molecule has 158 valence electrons. The monoisotopic (exact) mass is 408 g/mol. The van der Waals surface area contributed by atoms with Gasteiger partial charge in [0.25, 0.3) is 11.8 Å². The van der Waals surface area contributed by atoms with E-state index in [0.29, 0.717) is 29.2 Å². The van der Waals surface area contributed by atoms with E-state index in [4.69, 9.17) is 9.47 Å². The average Bonchev–Trinajstić information content (AvgIpc) is 3.47. The van der Waals surface area contributed by atoms with E-state index in [1.807, 2.05) is 6.07 Å². The zero-order chi connectivity index (χ0) is 20.8. The van der Waals surface area contributed by atoms with Crippen molar-refractivity contribution in [3.05, 3.63) is 59.7 Å². The molecule has 30 heavy (non-hydrogen) atoms. The van der Waals surface area contributed by atoms with Crippen LogP contribution in [0.4, 0.5) is 5.69 Å². The molecule has 2 aromatic carbocycles. The Hall–Kier alpha value is -2.86. The van der Waals surface area contributed by atoms with Gasteiger partial charge in [0.15, 0.2) is 0 Å². The van der Waals surface area contributed by atoms with Crippen molar-refractivity contribution >= 4 is 17.5 Å². The molecule has 1 saturated carbocycles. The van der Waals surface area contributed by atoms with Gasteiger partial charge in [0.05, 0.1) is 17.4 Å². The number of amides is 2. The lowest BCUT2D eigenvalue weighted by Gasteiger charge is -2.15. The van der Waals surface area contributed by atoms with Crippen molar-refractivity contribution < 1.29 is 19.1 Å². The van der Waals surface area contributed by atoms with Crippen LogP contribution in [0.25, 0.3) is 0 Å². The third kappa shape index (κ3) is 5.19. The molecule has 2 N–H and O–H groups in total. The van der Waals surface area contributed by atoms with Gasteiger partial charge in [0.1, 0.15) is 12.4 Å². The Balaban J connectivity index is 1.36. The minimum atomic E-state index is -0.262. The average molecular weight is 408 g/mol. The van der Waals surface area contributed by atoms with Crippen molar-refractivity contribution in [1.82, 2.24) is 5.32 Å². The van der Waals surface area contributed by atoms with Crippen LogP contribution in [-0.2, 0) is 4.74 Å². The molecule has 1 heterocycles. The standard InChI is InChI=1S/C24H28N2O4/c27-23(17-11-13-19(14-12-17)30-16-20-8-5-15-29-20)26-22-10-4-3-9-21(22)24(28)25-18-6-1-2-7-18/h3-4,9-14,18,20H,1-2,5-8,15-16H2,(H,25,28)(H,26,27)/t20-/m1/s1. The zero-order valence-electron chi connectivity index (χ0n) is 17.1. The summed E-state index contributed by atoms with van der Waals surface area (Å²) in [4.78, 5) is 25.4. The van der Waals surface area contributed by atoms with Crippen LogP contribution in [0.5, 0.6) is 5.75 Å². The lowest BCUT2D eigenvalue weighted by molar-refractivity contribution is 0.0679. The molecular formula is C24H28N2O4. The van der Waals surface area contributed by atoms with E-state index in [9.17, 15) is 9.59 Å². The van der Waals surface area contributed by atoms with Gasteiger partial charge in [-0.2, -0.15) is 0 Å². The van der Waals surface area contributed by atoms with Crippen LogP contribution in [0.3, 0.4) is 0 Å². The highest BCUT2D eigenvalue weighted by Crippen LogP contribution is 2.21. The van der Waals surface area contributed by atoms with Gasteiger partial charge >= 0.3 is 0 Å². The fourth-order valence-corrected chi connectivity index (χ4v) is 3.99. The second-order valence-corrected chi connectivity index (χ2v) is 7.92. The van der Waals surface area contributed by atoms with Gasteiger partial charge in [-0.1, -0.05) is 25.0 Å². The van der Waals surface area contributed by atoms with Crippen molar-refractivity contribution in [2.24, 2.45) is 0 Å². The van der Waals surface area contributed by atoms with E-state index >= 15 is 0 Å². The minimum Gasteiger partial charge on any atom is -0.491 e. The Morgan fingerprint density at radius 2 is 1.70 bits per heavy atom. The summed E-state index contributed by atoms with van der Waals surface area (Å²) < 4.78 is 11.3. The second-order valence-electron chi connectivity index (χ2n) is 7.92. The van der Waals surface area contributed by atoms with Gasteiger partial charge in [0, 0.05) is 18.2 Å². The molecule has 1 aliphatic heterocycles. The first kappa shape index (κ1) is 20.4. The van der Waals surface area contributed by atoms with Gasteiger partial charge in [-0.15, -0.1) is 0 Å². The van der Waals surface area contributed by atoms with Crippen LogP contribution in [0.2, 0.25) is 0 Å². The van der Waals surface area contributed by atoms with Gasteiger partial charge < -0.3 is 20.1 Å². The number of ether oxygens (including phenoxy) is 2. The molecule has 4 rings (SSSR count). The first-order chi connectivity index (χ1) is 14.7. The van der Waals surface area contributed by atoms with Crippen LogP contribution in [0, 0.1) is 0 Å². The maximum Gasteiger partial charge on any atom is 0.255 e. The lowest BCUT2D eigenvalue weighted by Crippen LogP contribution is -2.33.